The van der Waals surface area contributed by atoms with E-state index in [2.05, 4.69) is 4.18 Å². The van der Waals surface area contributed by atoms with Gasteiger partial charge in [0, 0.05) is 22.2 Å². The molecule has 0 saturated heterocycles. The van der Waals surface area contributed by atoms with Gasteiger partial charge in [-0.15, -0.1) is 0 Å². The molecule has 5 aromatic carbocycles. The molecule has 1 heterocycles. The van der Waals surface area contributed by atoms with Crippen molar-refractivity contribution < 1.29 is 30.2 Å². The van der Waals surface area contributed by atoms with Gasteiger partial charge in [-0.1, -0.05) is 48.5 Å². The number of halogens is 3. The van der Waals surface area contributed by atoms with Crippen molar-refractivity contribution in [2.75, 3.05) is 0 Å². The molecule has 6 rings (SSSR count). The quantitative estimate of drug-likeness (QED) is 0.171. The molecule has 0 aliphatic rings. The molecule has 0 saturated carbocycles. The maximum absolute atomic E-state index is 12.9. The van der Waals surface area contributed by atoms with E-state index in [1.54, 1.807) is 0 Å². The Balaban J connectivity index is 1.80. The summed E-state index contributed by atoms with van der Waals surface area (Å²) < 4.78 is 72.1. The molecule has 0 spiro atoms. The van der Waals surface area contributed by atoms with Gasteiger partial charge in [0.2, 0.25) is 0 Å². The first kappa shape index (κ1) is 18.3. The highest BCUT2D eigenvalue weighted by Gasteiger charge is 2.48. The van der Waals surface area contributed by atoms with Gasteiger partial charge in [0.25, 0.3) is 0 Å². The minimum atomic E-state index is -5.81. The van der Waals surface area contributed by atoms with E-state index in [-0.39, 0.29) is 5.58 Å². The number of benzene rings is 5. The third-order valence-electron chi connectivity index (χ3n) is 5.53. The molecule has 4 nitrogen and oxygen atoms in total. The van der Waals surface area contributed by atoms with Crippen molar-refractivity contribution in [3.63, 3.8) is 0 Å². The van der Waals surface area contributed by atoms with Gasteiger partial charge in [-0.25, -0.2) is 0 Å². The van der Waals surface area contributed by atoms with Crippen LogP contribution in [0.2, 0.25) is 0 Å². The molecule has 0 fully saturated rings. The Morgan fingerprint density at radius 2 is 1.35 bits per heavy atom. The number of hydrogen-bond acceptors (Lipinski definition) is 4. The molecule has 0 radical (unpaired) electrons. The third-order valence-corrected chi connectivity index (χ3v) is 6.51. The molecule has 0 unspecified atom stereocenters. The first-order chi connectivity index (χ1) is 14.7. The standard InChI is InChI=1S/C23H11F3O4S/c24-23(25,26)31(27,28)30-13-10-17-15-7-3-4-8-16(15)20-14-6-2-1-5-12(14)9-18-22(20)21(17)19(11-13)29-18/h1-11H. The Bertz CT molecular complexity index is 1770. The molecule has 0 bridgehead atoms. The second kappa shape index (κ2) is 5.79. The Morgan fingerprint density at radius 3 is 2.10 bits per heavy atom. The van der Waals surface area contributed by atoms with Gasteiger partial charge in [-0.3, -0.25) is 0 Å². The van der Waals surface area contributed by atoms with E-state index < -0.39 is 21.4 Å². The van der Waals surface area contributed by atoms with Crippen LogP contribution in [0.3, 0.4) is 0 Å². The van der Waals surface area contributed by atoms with Crippen molar-refractivity contribution in [1.29, 1.82) is 0 Å². The van der Waals surface area contributed by atoms with Gasteiger partial charge >= 0.3 is 15.6 Å². The molecule has 0 aliphatic carbocycles. The summed E-state index contributed by atoms with van der Waals surface area (Å²) in [6, 6.07) is 19.7. The smallest absolute Gasteiger partial charge is 0.456 e. The molecule has 0 atom stereocenters. The van der Waals surface area contributed by atoms with E-state index in [0.717, 1.165) is 32.3 Å². The lowest BCUT2D eigenvalue weighted by Crippen LogP contribution is -2.28. The molecule has 0 amide bonds. The van der Waals surface area contributed by atoms with E-state index in [0.29, 0.717) is 16.4 Å². The number of furan rings is 1. The van der Waals surface area contributed by atoms with Crippen molar-refractivity contribution in [1.82, 2.24) is 0 Å². The van der Waals surface area contributed by atoms with Crippen molar-refractivity contribution in [2.24, 2.45) is 0 Å². The molecule has 154 valence electrons. The molecule has 1 aromatic heterocycles. The molecular weight excluding hydrogens is 429 g/mol. The fourth-order valence-corrected chi connectivity index (χ4v) is 4.79. The van der Waals surface area contributed by atoms with Crippen LogP contribution in [0.1, 0.15) is 0 Å². The number of hydrogen-bond donors (Lipinski definition) is 0. The van der Waals surface area contributed by atoms with Gasteiger partial charge in [-0.05, 0) is 39.1 Å². The Labute approximate surface area is 172 Å². The second-order valence-electron chi connectivity index (χ2n) is 7.32. The largest absolute Gasteiger partial charge is 0.534 e. The highest BCUT2D eigenvalue weighted by Crippen LogP contribution is 2.46. The van der Waals surface area contributed by atoms with Crippen LogP contribution in [0.5, 0.6) is 5.75 Å². The topological polar surface area (TPSA) is 56.5 Å². The lowest BCUT2D eigenvalue weighted by Gasteiger charge is -2.13. The maximum Gasteiger partial charge on any atom is 0.534 e. The average molecular weight is 440 g/mol. The highest BCUT2D eigenvalue weighted by atomic mass is 32.2. The predicted molar refractivity (Wildman–Crippen MR) is 113 cm³/mol. The van der Waals surface area contributed by atoms with Gasteiger partial charge in [0.05, 0.1) is 0 Å². The maximum atomic E-state index is 12.9. The number of fused-ring (bicyclic) bond motifs is 5. The van der Waals surface area contributed by atoms with Gasteiger partial charge in [0.1, 0.15) is 16.9 Å². The Morgan fingerprint density at radius 1 is 0.710 bits per heavy atom. The van der Waals surface area contributed by atoms with Crippen molar-refractivity contribution in [2.45, 2.75) is 5.51 Å². The van der Waals surface area contributed by atoms with Gasteiger partial charge < -0.3 is 8.60 Å². The molecular formula is C23H11F3O4S. The summed E-state index contributed by atoms with van der Waals surface area (Å²) in [7, 11) is -5.81. The average Bonchev–Trinajstić information content (AvgIpc) is 3.08. The third kappa shape index (κ3) is 2.45. The van der Waals surface area contributed by atoms with E-state index >= 15 is 0 Å². The normalized spacial score (nSPS) is 13.3. The Hall–Kier alpha value is -3.52. The number of rotatable bonds is 2. The van der Waals surface area contributed by atoms with Crippen LogP contribution in [0, 0.1) is 0 Å². The van der Waals surface area contributed by atoms with Crippen LogP contribution in [-0.4, -0.2) is 13.9 Å². The van der Waals surface area contributed by atoms with E-state index in [9.17, 15) is 21.6 Å². The predicted octanol–water partition coefficient (Wildman–Crippen LogP) is 6.71. The minimum Gasteiger partial charge on any atom is -0.456 e. The summed E-state index contributed by atoms with van der Waals surface area (Å²) in [5.74, 6) is -0.457. The summed E-state index contributed by atoms with van der Waals surface area (Å²) in [6.45, 7) is 0. The summed E-state index contributed by atoms with van der Waals surface area (Å²) in [6.07, 6.45) is 0. The zero-order valence-corrected chi connectivity index (χ0v) is 16.3. The van der Waals surface area contributed by atoms with Crippen molar-refractivity contribution in [3.8, 4) is 5.75 Å². The molecule has 6 aromatic rings. The van der Waals surface area contributed by atoms with Crippen LogP contribution in [0.4, 0.5) is 13.2 Å². The van der Waals surface area contributed by atoms with E-state index in [1.807, 2.05) is 54.6 Å². The first-order valence-corrected chi connectivity index (χ1v) is 10.7. The zero-order chi connectivity index (χ0) is 21.5. The molecule has 0 aliphatic heterocycles. The summed E-state index contributed by atoms with van der Waals surface area (Å²) in [5, 5.41) is 6.71. The van der Waals surface area contributed by atoms with Gasteiger partial charge in [-0.2, -0.15) is 21.6 Å². The lowest BCUT2D eigenvalue weighted by molar-refractivity contribution is -0.0500. The fraction of sp³-hybridized carbons (Fsp3) is 0.0435. The zero-order valence-electron chi connectivity index (χ0n) is 15.5. The number of alkyl halides is 3. The van der Waals surface area contributed by atoms with Crippen LogP contribution in [-0.2, 0) is 10.1 Å². The van der Waals surface area contributed by atoms with E-state index in [4.69, 9.17) is 4.42 Å². The van der Waals surface area contributed by atoms with Gasteiger partial charge in [0.15, 0.2) is 0 Å². The lowest BCUT2D eigenvalue weighted by atomic mass is 9.91. The van der Waals surface area contributed by atoms with Crippen LogP contribution in [0.25, 0.3) is 54.3 Å². The highest BCUT2D eigenvalue weighted by molar-refractivity contribution is 7.88. The Kier molecular flexibility index (Phi) is 3.41. The molecule has 31 heavy (non-hydrogen) atoms. The summed E-state index contributed by atoms with van der Waals surface area (Å²) in [5.41, 5.74) is -4.71. The fourth-order valence-electron chi connectivity index (χ4n) is 4.35. The van der Waals surface area contributed by atoms with Crippen molar-refractivity contribution >= 4 is 64.4 Å². The monoisotopic (exact) mass is 440 g/mol. The van der Waals surface area contributed by atoms with Crippen LogP contribution in [0.15, 0.2) is 71.1 Å². The van der Waals surface area contributed by atoms with Crippen molar-refractivity contribution in [3.05, 3.63) is 66.7 Å². The SMILES string of the molecule is O=S(=O)(Oc1cc2oc3cc4ccccc4c4c5ccccc5c(c1)c2c34)C(F)(F)F. The molecule has 0 N–H and O–H groups in total. The first-order valence-electron chi connectivity index (χ1n) is 9.27. The molecule has 8 heteroatoms. The van der Waals surface area contributed by atoms with Crippen LogP contribution >= 0.6 is 0 Å². The minimum absolute atomic E-state index is 0.255. The van der Waals surface area contributed by atoms with E-state index in [1.165, 1.54) is 12.1 Å². The summed E-state index contributed by atoms with van der Waals surface area (Å²) >= 11 is 0. The second-order valence-corrected chi connectivity index (χ2v) is 8.86. The van der Waals surface area contributed by atoms with Crippen LogP contribution < -0.4 is 4.18 Å². The summed E-state index contributed by atoms with van der Waals surface area (Å²) in [4.78, 5) is 0.